The van der Waals surface area contributed by atoms with Gasteiger partial charge in [-0.2, -0.15) is 4.98 Å². The van der Waals surface area contributed by atoms with Crippen molar-refractivity contribution in [2.45, 2.75) is 32.6 Å². The van der Waals surface area contributed by atoms with Gasteiger partial charge < -0.3 is 14.6 Å². The molecule has 1 atom stereocenters. The first-order valence-electron chi connectivity index (χ1n) is 6.48. The molecule has 1 fully saturated rings. The molecule has 1 saturated heterocycles. The number of hydrogen-bond acceptors (Lipinski definition) is 5. The van der Waals surface area contributed by atoms with Gasteiger partial charge in [0.05, 0.1) is 6.61 Å². The molecule has 6 heteroatoms. The van der Waals surface area contributed by atoms with Crippen LogP contribution in [0.5, 0.6) is 0 Å². The van der Waals surface area contributed by atoms with Crippen LogP contribution in [0.3, 0.4) is 0 Å². The van der Waals surface area contributed by atoms with Gasteiger partial charge in [0.1, 0.15) is 0 Å². The van der Waals surface area contributed by atoms with Crippen LogP contribution in [-0.2, 0) is 11.2 Å². The maximum absolute atomic E-state index is 11.7. The predicted octanol–water partition coefficient (Wildman–Crippen LogP) is 1.18. The van der Waals surface area contributed by atoms with E-state index in [0.717, 1.165) is 32.3 Å². The van der Waals surface area contributed by atoms with E-state index in [-0.39, 0.29) is 11.8 Å². The fraction of sp³-hybridized carbons (Fsp3) is 0.750. The number of hydrogen-bond donors (Lipinski definition) is 1. The summed E-state index contributed by atoms with van der Waals surface area (Å²) in [5, 5.41) is 6.58. The van der Waals surface area contributed by atoms with E-state index in [0.29, 0.717) is 24.9 Å². The van der Waals surface area contributed by atoms with Crippen LogP contribution in [-0.4, -0.2) is 35.8 Å². The Labute approximate surface area is 106 Å². The molecular formula is C12H19N3O3. The molecule has 1 aliphatic rings. The Bertz CT molecular complexity index is 386. The number of aryl methyl sites for hydroxylation is 1. The molecule has 100 valence electrons. The smallest absolute Gasteiger partial charge is 0.315 e. The lowest BCUT2D eigenvalue weighted by atomic mass is 10.1. The molecule has 18 heavy (non-hydrogen) atoms. The number of unbranched alkanes of at least 4 members (excludes halogenated alkanes) is 1. The van der Waals surface area contributed by atoms with E-state index < -0.39 is 0 Å². The molecule has 0 aromatic carbocycles. The molecule has 1 aliphatic heterocycles. The van der Waals surface area contributed by atoms with Crippen LogP contribution in [0.1, 0.15) is 42.7 Å². The lowest BCUT2D eigenvalue weighted by Crippen LogP contribution is -2.29. The van der Waals surface area contributed by atoms with Crippen LogP contribution < -0.4 is 5.32 Å². The fourth-order valence-corrected chi connectivity index (χ4v) is 1.84. The Morgan fingerprint density at radius 2 is 2.44 bits per heavy atom. The molecule has 0 aliphatic carbocycles. The summed E-state index contributed by atoms with van der Waals surface area (Å²) in [7, 11) is 0. The molecule has 0 bridgehead atoms. The number of nitrogens with one attached hydrogen (secondary N) is 1. The number of amides is 1. The van der Waals surface area contributed by atoms with Gasteiger partial charge in [-0.3, -0.25) is 4.79 Å². The molecule has 1 N–H and O–H groups in total. The van der Waals surface area contributed by atoms with Crippen LogP contribution >= 0.6 is 0 Å². The van der Waals surface area contributed by atoms with Crippen molar-refractivity contribution in [1.29, 1.82) is 0 Å². The van der Waals surface area contributed by atoms with E-state index >= 15 is 0 Å². The van der Waals surface area contributed by atoms with Crippen molar-refractivity contribution in [2.24, 2.45) is 5.92 Å². The van der Waals surface area contributed by atoms with Crippen molar-refractivity contribution in [3.05, 3.63) is 11.7 Å². The first-order chi connectivity index (χ1) is 8.79. The van der Waals surface area contributed by atoms with E-state index in [4.69, 9.17) is 9.26 Å². The second kappa shape index (κ2) is 6.49. The molecule has 2 rings (SSSR count). The Kier molecular flexibility index (Phi) is 4.69. The van der Waals surface area contributed by atoms with E-state index in [2.05, 4.69) is 22.4 Å². The quantitative estimate of drug-likeness (QED) is 0.823. The minimum absolute atomic E-state index is 0.0556. The molecular weight excluding hydrogens is 234 g/mol. The molecule has 2 heterocycles. The summed E-state index contributed by atoms with van der Waals surface area (Å²) in [6, 6.07) is 0. The van der Waals surface area contributed by atoms with Crippen molar-refractivity contribution in [2.75, 3.05) is 19.8 Å². The topological polar surface area (TPSA) is 77.2 Å². The lowest BCUT2D eigenvalue weighted by molar-refractivity contribution is 0.0901. The maximum Gasteiger partial charge on any atom is 0.315 e. The van der Waals surface area contributed by atoms with E-state index in [9.17, 15) is 4.79 Å². The Morgan fingerprint density at radius 3 is 3.17 bits per heavy atom. The minimum atomic E-state index is -0.294. The number of aromatic nitrogens is 2. The normalized spacial score (nSPS) is 19.1. The lowest BCUT2D eigenvalue weighted by Gasteiger charge is -2.06. The Hall–Kier alpha value is -1.43. The molecule has 0 spiro atoms. The first kappa shape index (κ1) is 13.0. The largest absolute Gasteiger partial charge is 0.381 e. The van der Waals surface area contributed by atoms with Gasteiger partial charge in [-0.15, -0.1) is 0 Å². The van der Waals surface area contributed by atoms with Crippen molar-refractivity contribution in [1.82, 2.24) is 15.5 Å². The average molecular weight is 253 g/mol. The van der Waals surface area contributed by atoms with Gasteiger partial charge >= 0.3 is 11.8 Å². The number of carbonyl (C=O) groups excluding carboxylic acids is 1. The SMILES string of the molecule is CCCCc1noc(C(=O)NCC2CCOC2)n1. The van der Waals surface area contributed by atoms with E-state index in [1.54, 1.807) is 0 Å². The molecule has 0 saturated carbocycles. The monoisotopic (exact) mass is 253 g/mol. The highest BCUT2D eigenvalue weighted by molar-refractivity contribution is 5.89. The van der Waals surface area contributed by atoms with Gasteiger partial charge in [0.25, 0.3) is 0 Å². The predicted molar refractivity (Wildman–Crippen MR) is 64.2 cm³/mol. The molecule has 1 amide bonds. The third-order valence-corrected chi connectivity index (χ3v) is 2.99. The minimum Gasteiger partial charge on any atom is -0.381 e. The number of ether oxygens (including phenoxy) is 1. The van der Waals surface area contributed by atoms with Crippen molar-refractivity contribution >= 4 is 5.91 Å². The van der Waals surface area contributed by atoms with Gasteiger partial charge in [-0.05, 0) is 12.8 Å². The van der Waals surface area contributed by atoms with Crippen molar-refractivity contribution < 1.29 is 14.1 Å². The zero-order valence-electron chi connectivity index (χ0n) is 10.6. The molecule has 6 nitrogen and oxygen atoms in total. The van der Waals surface area contributed by atoms with Gasteiger partial charge in [-0.25, -0.2) is 0 Å². The second-order valence-corrected chi connectivity index (χ2v) is 4.56. The summed E-state index contributed by atoms with van der Waals surface area (Å²) < 4.78 is 10.2. The third-order valence-electron chi connectivity index (χ3n) is 2.99. The third kappa shape index (κ3) is 3.53. The first-order valence-corrected chi connectivity index (χ1v) is 6.48. The van der Waals surface area contributed by atoms with Crippen LogP contribution in [0.25, 0.3) is 0 Å². The highest BCUT2D eigenvalue weighted by atomic mass is 16.5. The molecule has 1 aromatic rings. The Balaban J connectivity index is 1.78. The summed E-state index contributed by atoms with van der Waals surface area (Å²) in [4.78, 5) is 15.8. The zero-order valence-corrected chi connectivity index (χ0v) is 10.6. The summed E-state index contributed by atoms with van der Waals surface area (Å²) in [6.45, 7) is 4.19. The van der Waals surface area contributed by atoms with Gasteiger partial charge in [-0.1, -0.05) is 18.5 Å². The van der Waals surface area contributed by atoms with E-state index in [1.807, 2.05) is 0 Å². The summed E-state index contributed by atoms with van der Waals surface area (Å²) >= 11 is 0. The summed E-state index contributed by atoms with van der Waals surface area (Å²) in [5.41, 5.74) is 0. The fourth-order valence-electron chi connectivity index (χ4n) is 1.84. The average Bonchev–Trinajstić information content (AvgIpc) is 3.04. The highest BCUT2D eigenvalue weighted by Crippen LogP contribution is 2.11. The maximum atomic E-state index is 11.7. The standard InChI is InChI=1S/C12H19N3O3/c1-2-3-4-10-14-12(18-15-10)11(16)13-7-9-5-6-17-8-9/h9H,2-8H2,1H3,(H,13,16). The van der Waals surface area contributed by atoms with Crippen LogP contribution in [0.15, 0.2) is 4.52 Å². The van der Waals surface area contributed by atoms with Crippen molar-refractivity contribution in [3.63, 3.8) is 0 Å². The van der Waals surface area contributed by atoms with Gasteiger partial charge in [0.15, 0.2) is 5.82 Å². The number of carbonyl (C=O) groups is 1. The Morgan fingerprint density at radius 1 is 1.56 bits per heavy atom. The van der Waals surface area contributed by atoms with Crippen LogP contribution in [0.4, 0.5) is 0 Å². The highest BCUT2D eigenvalue weighted by Gasteiger charge is 2.19. The van der Waals surface area contributed by atoms with E-state index in [1.165, 1.54) is 0 Å². The molecule has 1 unspecified atom stereocenters. The number of nitrogens with zero attached hydrogens (tertiary/aromatic N) is 2. The second-order valence-electron chi connectivity index (χ2n) is 4.56. The molecule has 0 radical (unpaired) electrons. The summed E-state index contributed by atoms with van der Waals surface area (Å²) in [6.07, 6.45) is 3.81. The van der Waals surface area contributed by atoms with Gasteiger partial charge in [0.2, 0.25) is 0 Å². The van der Waals surface area contributed by atoms with Crippen LogP contribution in [0.2, 0.25) is 0 Å². The number of rotatable bonds is 6. The zero-order chi connectivity index (χ0) is 12.8. The van der Waals surface area contributed by atoms with Crippen LogP contribution in [0, 0.1) is 5.92 Å². The molecule has 1 aromatic heterocycles. The van der Waals surface area contributed by atoms with Gasteiger partial charge in [0, 0.05) is 25.5 Å². The summed E-state index contributed by atoms with van der Waals surface area (Å²) in [5.74, 6) is 0.764. The van der Waals surface area contributed by atoms with Crippen molar-refractivity contribution in [3.8, 4) is 0 Å².